The number of carbonyl (C=O) groups excluding carboxylic acids is 3. The molecule has 2 aromatic carbocycles. The van der Waals surface area contributed by atoms with Gasteiger partial charge < -0.3 is 10.2 Å². The van der Waals surface area contributed by atoms with Crippen LogP contribution in [-0.4, -0.2) is 52.3 Å². The number of anilines is 2. The third-order valence-corrected chi connectivity index (χ3v) is 7.11. The lowest BCUT2D eigenvalue weighted by Gasteiger charge is -2.24. The minimum atomic E-state index is -4.01. The molecule has 0 atom stereocenters. The highest BCUT2D eigenvalue weighted by atomic mass is 32.3. The van der Waals surface area contributed by atoms with Crippen molar-refractivity contribution in [3.8, 4) is 0 Å². The van der Waals surface area contributed by atoms with E-state index < -0.39 is 21.9 Å². The predicted molar refractivity (Wildman–Crippen MR) is 136 cm³/mol. The van der Waals surface area contributed by atoms with Crippen molar-refractivity contribution in [3.05, 3.63) is 82.2 Å². The van der Waals surface area contributed by atoms with E-state index in [1.165, 1.54) is 35.6 Å². The normalized spacial score (nSPS) is 12.6. The summed E-state index contributed by atoms with van der Waals surface area (Å²) in [6, 6.07) is 9.63. The lowest BCUT2D eigenvalue weighted by molar-refractivity contribution is -0.127. The van der Waals surface area contributed by atoms with Crippen molar-refractivity contribution >= 4 is 51.0 Å². The van der Waals surface area contributed by atoms with Crippen LogP contribution >= 0.6 is 11.8 Å². The van der Waals surface area contributed by atoms with Crippen molar-refractivity contribution in [1.82, 2.24) is 9.62 Å². The van der Waals surface area contributed by atoms with Crippen molar-refractivity contribution in [2.24, 2.45) is 0 Å². The summed E-state index contributed by atoms with van der Waals surface area (Å²) in [6.45, 7) is 6.63. The molecule has 12 heteroatoms. The SMILES string of the molecule is C=CSC(=C)S(=O)(=O)NC(=O)Nc1cccc(F)c1.CN1C(=O)Cc2cc(N(C)C)ccc2C1=O. The maximum absolute atomic E-state index is 12.9. The van der Waals surface area contributed by atoms with E-state index in [0.717, 1.165) is 29.1 Å². The minimum Gasteiger partial charge on any atom is -0.378 e. The third-order valence-electron chi connectivity index (χ3n) is 4.68. The molecular weight excluding hydrogens is 495 g/mol. The van der Waals surface area contributed by atoms with Gasteiger partial charge in [-0.25, -0.2) is 22.3 Å². The fraction of sp³-hybridized carbons (Fsp3) is 0.174. The van der Waals surface area contributed by atoms with Crippen LogP contribution in [0.25, 0.3) is 0 Å². The van der Waals surface area contributed by atoms with Crippen LogP contribution in [0, 0.1) is 5.82 Å². The number of benzene rings is 2. The summed E-state index contributed by atoms with van der Waals surface area (Å²) in [7, 11) is 1.37. The summed E-state index contributed by atoms with van der Waals surface area (Å²) in [4.78, 5) is 37.9. The number of rotatable bonds is 6. The first-order valence-electron chi connectivity index (χ1n) is 10.0. The summed E-state index contributed by atoms with van der Waals surface area (Å²) >= 11 is 0.768. The molecule has 0 radical (unpaired) electrons. The molecule has 0 unspecified atom stereocenters. The van der Waals surface area contributed by atoms with Gasteiger partial charge in [0.05, 0.1) is 6.42 Å². The number of hydrogen-bond acceptors (Lipinski definition) is 7. The number of amides is 4. The fourth-order valence-corrected chi connectivity index (χ4v) is 4.28. The number of thioether (sulfide) groups is 1. The number of nitrogens with one attached hydrogen (secondary N) is 2. The van der Waals surface area contributed by atoms with Gasteiger partial charge in [-0.3, -0.25) is 14.5 Å². The molecule has 2 aromatic rings. The van der Waals surface area contributed by atoms with Gasteiger partial charge in [0.15, 0.2) is 0 Å². The van der Waals surface area contributed by atoms with Crippen LogP contribution in [0.1, 0.15) is 15.9 Å². The molecule has 35 heavy (non-hydrogen) atoms. The van der Waals surface area contributed by atoms with Crippen molar-refractivity contribution in [2.45, 2.75) is 6.42 Å². The first-order valence-corrected chi connectivity index (χ1v) is 12.4. The number of likely N-dealkylation sites (N-methyl/N-ethyl adjacent to an activating group) is 1. The van der Waals surface area contributed by atoms with E-state index in [1.807, 2.05) is 31.1 Å². The average molecular weight is 521 g/mol. The number of sulfonamides is 1. The van der Waals surface area contributed by atoms with E-state index in [1.54, 1.807) is 10.8 Å². The van der Waals surface area contributed by atoms with Gasteiger partial charge in [-0.15, -0.1) is 0 Å². The molecular formula is C23H25FN4O5S2. The maximum Gasteiger partial charge on any atom is 0.333 e. The van der Waals surface area contributed by atoms with Crippen LogP contribution in [0.5, 0.6) is 0 Å². The summed E-state index contributed by atoms with van der Waals surface area (Å²) in [5, 5.41) is 3.46. The Morgan fingerprint density at radius 3 is 2.49 bits per heavy atom. The van der Waals surface area contributed by atoms with Gasteiger partial charge in [0, 0.05) is 38.1 Å². The Bertz CT molecular complexity index is 1280. The molecule has 4 amide bonds. The lowest BCUT2D eigenvalue weighted by Crippen LogP contribution is -2.39. The number of hydrogen-bond donors (Lipinski definition) is 2. The van der Waals surface area contributed by atoms with E-state index in [9.17, 15) is 27.2 Å². The summed E-state index contributed by atoms with van der Waals surface area (Å²) < 4.78 is 37.5. The molecule has 1 heterocycles. The molecule has 0 aliphatic carbocycles. The highest BCUT2D eigenvalue weighted by molar-refractivity contribution is 8.19. The van der Waals surface area contributed by atoms with Crippen LogP contribution in [0.15, 0.2) is 65.3 Å². The Labute approximate surface area is 207 Å². The number of halogens is 1. The van der Waals surface area contributed by atoms with E-state index in [0.29, 0.717) is 12.0 Å². The molecule has 0 saturated heterocycles. The molecule has 0 spiro atoms. The first kappa shape index (κ1) is 27.6. The van der Waals surface area contributed by atoms with Crippen molar-refractivity contribution < 1.29 is 27.2 Å². The second-order valence-corrected chi connectivity index (χ2v) is 10.4. The Balaban J connectivity index is 0.000000250. The fourth-order valence-electron chi connectivity index (χ4n) is 2.85. The largest absolute Gasteiger partial charge is 0.378 e. The monoisotopic (exact) mass is 520 g/mol. The molecule has 3 rings (SSSR count). The minimum absolute atomic E-state index is 0.134. The number of carbonyl (C=O) groups is 3. The molecule has 1 aliphatic heterocycles. The molecule has 0 saturated carbocycles. The van der Waals surface area contributed by atoms with Crippen molar-refractivity contribution in [2.75, 3.05) is 31.4 Å². The first-order chi connectivity index (χ1) is 16.4. The average Bonchev–Trinajstić information content (AvgIpc) is 2.77. The van der Waals surface area contributed by atoms with Gasteiger partial charge in [0.25, 0.3) is 15.9 Å². The molecule has 0 fully saturated rings. The zero-order valence-electron chi connectivity index (χ0n) is 19.4. The van der Waals surface area contributed by atoms with Gasteiger partial charge in [-0.1, -0.05) is 31.0 Å². The molecule has 9 nitrogen and oxygen atoms in total. The van der Waals surface area contributed by atoms with Crippen LogP contribution in [0.3, 0.4) is 0 Å². The van der Waals surface area contributed by atoms with Crippen molar-refractivity contribution in [3.63, 3.8) is 0 Å². The van der Waals surface area contributed by atoms with Gasteiger partial charge in [-0.2, -0.15) is 0 Å². The topological polar surface area (TPSA) is 116 Å². The second kappa shape index (κ2) is 11.7. The van der Waals surface area contributed by atoms with E-state index in [2.05, 4.69) is 18.5 Å². The Morgan fingerprint density at radius 2 is 1.89 bits per heavy atom. The standard InChI is InChI=1S/C12H14N2O2.C11H11FN2O3S2/c1-13(2)9-4-5-10-8(6-9)7-11(15)14(3)12(10)16;1-3-18-8(2)19(16,17)14-11(15)13-10-6-4-5-9(12)7-10/h4-6H,7H2,1-3H3;3-7H,1-2H2,(H2,13,14,15). The van der Waals surface area contributed by atoms with Crippen LogP contribution < -0.4 is 14.9 Å². The number of nitrogens with zero attached hydrogens (tertiary/aromatic N) is 2. The smallest absolute Gasteiger partial charge is 0.333 e. The lowest BCUT2D eigenvalue weighted by atomic mass is 9.98. The Morgan fingerprint density at radius 1 is 1.20 bits per heavy atom. The molecule has 2 N–H and O–H groups in total. The quantitative estimate of drug-likeness (QED) is 0.560. The van der Waals surface area contributed by atoms with E-state index in [-0.39, 0.29) is 21.7 Å². The maximum atomic E-state index is 12.9. The van der Waals surface area contributed by atoms with Crippen LogP contribution in [0.2, 0.25) is 0 Å². The summed E-state index contributed by atoms with van der Waals surface area (Å²) in [5.41, 5.74) is 2.59. The van der Waals surface area contributed by atoms with Gasteiger partial charge in [0.2, 0.25) is 5.91 Å². The molecule has 0 aromatic heterocycles. The Hall–Kier alpha value is -3.64. The number of imide groups is 1. The second-order valence-electron chi connectivity index (χ2n) is 7.40. The van der Waals surface area contributed by atoms with Gasteiger partial charge in [0.1, 0.15) is 10.1 Å². The van der Waals surface area contributed by atoms with Gasteiger partial charge in [-0.05, 0) is 47.4 Å². The highest BCUT2D eigenvalue weighted by Crippen LogP contribution is 2.23. The summed E-state index contributed by atoms with van der Waals surface area (Å²) in [6.07, 6.45) is 0.305. The number of fused-ring (bicyclic) bond motifs is 1. The van der Waals surface area contributed by atoms with E-state index in [4.69, 9.17) is 0 Å². The third kappa shape index (κ3) is 7.42. The van der Waals surface area contributed by atoms with E-state index >= 15 is 0 Å². The van der Waals surface area contributed by atoms with Gasteiger partial charge >= 0.3 is 6.03 Å². The van der Waals surface area contributed by atoms with Crippen LogP contribution in [-0.2, 0) is 21.2 Å². The molecule has 186 valence electrons. The zero-order valence-corrected chi connectivity index (χ0v) is 21.0. The van der Waals surface area contributed by atoms with Crippen molar-refractivity contribution in [1.29, 1.82) is 0 Å². The molecule has 0 bridgehead atoms. The summed E-state index contributed by atoms with van der Waals surface area (Å²) in [5.74, 6) is -0.905. The Kier molecular flexibility index (Phi) is 9.20. The number of urea groups is 1. The zero-order chi connectivity index (χ0) is 26.3. The molecule has 1 aliphatic rings. The van der Waals surface area contributed by atoms with Crippen LogP contribution in [0.4, 0.5) is 20.6 Å². The highest BCUT2D eigenvalue weighted by Gasteiger charge is 2.28. The predicted octanol–water partition coefficient (Wildman–Crippen LogP) is 3.53.